The van der Waals surface area contributed by atoms with Gasteiger partial charge in [-0.25, -0.2) is 4.39 Å². The summed E-state index contributed by atoms with van der Waals surface area (Å²) in [5.74, 6) is -0.844. The number of amides is 2. The Labute approximate surface area is 467 Å². The molecule has 0 spiro atoms. The van der Waals surface area contributed by atoms with Gasteiger partial charge in [-0.1, -0.05) is 210 Å². The van der Waals surface area contributed by atoms with Crippen molar-refractivity contribution >= 4 is 11.8 Å². The molecule has 13 heteroatoms. The lowest BCUT2D eigenvalue weighted by Crippen LogP contribution is -2.62. The smallest absolute Gasteiger partial charge is 0.251 e. The Hall–Kier alpha value is -6.13. The lowest BCUT2D eigenvalue weighted by molar-refractivity contribution is -0.330. The molecule has 0 aromatic heterocycles. The summed E-state index contributed by atoms with van der Waals surface area (Å²) in [6, 6.07) is 54.5. The number of hydrogen-bond donors (Lipinski definition) is 3. The van der Waals surface area contributed by atoms with Gasteiger partial charge in [0.15, 0.2) is 6.29 Å². The average molecular weight is 1080 g/mol. The van der Waals surface area contributed by atoms with Gasteiger partial charge in [0.2, 0.25) is 5.91 Å². The Morgan fingerprint density at radius 2 is 1.04 bits per heavy atom. The number of carbonyl (C=O) groups is 2. The van der Waals surface area contributed by atoms with Crippen LogP contribution in [0, 0.1) is 5.82 Å². The quantitative estimate of drug-likeness (QED) is 0.0325. The molecule has 1 saturated heterocycles. The molecule has 6 aromatic rings. The monoisotopic (exact) mass is 1080 g/mol. The molecule has 6 aromatic carbocycles. The number of aliphatic hydroxyl groups excluding tert-OH is 1. The SMILES string of the molecule is CC[C@@H](O)[C@@H](OCc1ccccc1)[C@H](CO[C@H]1OC(COCc2ccccc2)[C@H](OCc2ccccc2)C(OCc2ccccc2)C1OCc1ccccc1)NC(=O)CCCCCCCCCCCNC(=O)c1cccc(F)c1. The molecule has 7 rings (SSSR count). The van der Waals surface area contributed by atoms with Crippen LogP contribution in [0.4, 0.5) is 4.39 Å². The van der Waals surface area contributed by atoms with Crippen molar-refractivity contribution in [2.24, 2.45) is 0 Å². The lowest BCUT2D eigenvalue weighted by Gasteiger charge is -2.46. The van der Waals surface area contributed by atoms with Crippen LogP contribution in [0.5, 0.6) is 0 Å². The van der Waals surface area contributed by atoms with E-state index in [1.807, 2.05) is 159 Å². The summed E-state index contributed by atoms with van der Waals surface area (Å²) in [6.07, 6.45) is 3.68. The number of rotatable bonds is 36. The summed E-state index contributed by atoms with van der Waals surface area (Å²) in [7, 11) is 0. The van der Waals surface area contributed by atoms with Gasteiger partial charge in [-0.05, 0) is 65.3 Å². The van der Waals surface area contributed by atoms with Gasteiger partial charge in [0.25, 0.3) is 5.91 Å². The third kappa shape index (κ3) is 21.5. The van der Waals surface area contributed by atoms with Gasteiger partial charge in [-0.15, -0.1) is 0 Å². The summed E-state index contributed by atoms with van der Waals surface area (Å²) in [5.41, 5.74) is 5.17. The van der Waals surface area contributed by atoms with Crippen molar-refractivity contribution in [3.63, 3.8) is 0 Å². The lowest BCUT2D eigenvalue weighted by atomic mass is 9.97. The molecular weight excluding hydrogens is 1000 g/mol. The Morgan fingerprint density at radius 3 is 1.57 bits per heavy atom. The number of benzene rings is 6. The minimum atomic E-state index is -1.05. The van der Waals surface area contributed by atoms with Crippen LogP contribution in [-0.4, -0.2) is 85.6 Å². The van der Waals surface area contributed by atoms with E-state index in [4.69, 9.17) is 33.2 Å². The molecule has 0 aliphatic carbocycles. The highest BCUT2D eigenvalue weighted by atomic mass is 19.1. The Kier molecular flexibility index (Phi) is 26.6. The molecule has 3 unspecified atom stereocenters. The van der Waals surface area contributed by atoms with Crippen molar-refractivity contribution in [2.45, 2.75) is 160 Å². The van der Waals surface area contributed by atoms with E-state index < -0.39 is 54.8 Å². The predicted octanol–water partition coefficient (Wildman–Crippen LogP) is 12.0. The first kappa shape index (κ1) is 60.5. The zero-order chi connectivity index (χ0) is 55.1. The molecule has 3 N–H and O–H groups in total. The van der Waals surface area contributed by atoms with Gasteiger partial charge in [0.1, 0.15) is 36.3 Å². The second-order valence-corrected chi connectivity index (χ2v) is 20.3. The van der Waals surface area contributed by atoms with Crippen LogP contribution in [0.3, 0.4) is 0 Å². The predicted molar refractivity (Wildman–Crippen MR) is 304 cm³/mol. The average Bonchev–Trinajstić information content (AvgIpc) is 3.56. The summed E-state index contributed by atoms with van der Waals surface area (Å²) in [6.45, 7) is 3.81. The number of carbonyl (C=O) groups excluding carboxylic acids is 2. The maximum Gasteiger partial charge on any atom is 0.251 e. The largest absolute Gasteiger partial charge is 0.390 e. The van der Waals surface area contributed by atoms with Crippen LogP contribution in [-0.2, 0) is 71.0 Å². The maximum atomic E-state index is 14.1. The molecule has 1 heterocycles. The van der Waals surface area contributed by atoms with Crippen LogP contribution >= 0.6 is 0 Å². The van der Waals surface area contributed by atoms with Gasteiger partial charge in [-0.2, -0.15) is 0 Å². The van der Waals surface area contributed by atoms with E-state index in [2.05, 4.69) is 10.6 Å². The third-order valence-corrected chi connectivity index (χ3v) is 14.1. The van der Waals surface area contributed by atoms with Crippen molar-refractivity contribution in [1.29, 1.82) is 0 Å². The number of ether oxygens (including phenoxy) is 7. The maximum absolute atomic E-state index is 14.1. The Balaban J connectivity index is 1.04. The molecule has 0 radical (unpaired) electrons. The van der Waals surface area contributed by atoms with E-state index in [-0.39, 0.29) is 51.5 Å². The standard InChI is InChI=1S/C66H81FN2O10/c1-2-58(70)61(74-44-51-30-17-11-18-31-51)57(69-60(71)40-25-8-6-4-3-5-7-9-26-41-68-65(72)55-38-27-39-56(67)42-55)48-78-66-64(77-47-54-36-23-14-24-37-54)63(76-46-53-34-21-13-22-35-53)62(75-45-52-32-19-12-20-33-52)59(79-66)49-73-43-50-28-15-10-16-29-50/h10-24,27-39,42,57-59,61-64,66,70H,2-9,25-26,40-41,43-49H2,1H3,(H,68,72)(H,69,71)/t57-,58+,59?,61-,62-,63?,64?,66-/m0/s1. The Bertz CT molecular complexity index is 2580. The van der Waals surface area contributed by atoms with Crippen LogP contribution in [0.15, 0.2) is 176 Å². The van der Waals surface area contributed by atoms with Gasteiger partial charge in [-0.3, -0.25) is 9.59 Å². The molecule has 12 nitrogen and oxygen atoms in total. The van der Waals surface area contributed by atoms with Crippen molar-refractivity contribution in [3.05, 3.63) is 215 Å². The van der Waals surface area contributed by atoms with Crippen molar-refractivity contribution < 1.29 is 52.2 Å². The summed E-state index contributed by atoms with van der Waals surface area (Å²) in [5, 5.41) is 17.8. The van der Waals surface area contributed by atoms with E-state index >= 15 is 0 Å². The minimum Gasteiger partial charge on any atom is -0.390 e. The van der Waals surface area contributed by atoms with E-state index in [1.54, 1.807) is 6.07 Å². The van der Waals surface area contributed by atoms with E-state index in [0.717, 1.165) is 79.2 Å². The van der Waals surface area contributed by atoms with Gasteiger partial charge in [0.05, 0.1) is 58.4 Å². The van der Waals surface area contributed by atoms with Crippen LogP contribution in [0.2, 0.25) is 0 Å². The fraction of sp³-hybridized carbons (Fsp3) is 0.424. The normalized spacial score (nSPS) is 18.3. The summed E-state index contributed by atoms with van der Waals surface area (Å²) < 4.78 is 61.2. The van der Waals surface area contributed by atoms with E-state index in [9.17, 15) is 19.1 Å². The second kappa shape index (κ2) is 34.8. The first-order chi connectivity index (χ1) is 38.8. The number of hydrogen-bond acceptors (Lipinski definition) is 10. The summed E-state index contributed by atoms with van der Waals surface area (Å²) >= 11 is 0. The van der Waals surface area contributed by atoms with Gasteiger partial charge >= 0.3 is 0 Å². The van der Waals surface area contributed by atoms with Crippen LogP contribution in [0.25, 0.3) is 0 Å². The third-order valence-electron chi connectivity index (χ3n) is 14.1. The molecule has 1 fully saturated rings. The molecule has 8 atom stereocenters. The minimum absolute atomic E-state index is 0.0873. The topological polar surface area (TPSA) is 143 Å². The molecule has 0 bridgehead atoms. The van der Waals surface area contributed by atoms with Crippen LogP contribution in [0.1, 0.15) is 116 Å². The molecule has 2 amide bonds. The van der Waals surface area contributed by atoms with Crippen molar-refractivity contribution in [2.75, 3.05) is 19.8 Å². The number of unbranched alkanes of at least 4 members (excludes halogenated alkanes) is 8. The van der Waals surface area contributed by atoms with Crippen molar-refractivity contribution in [3.8, 4) is 0 Å². The molecule has 0 saturated carbocycles. The van der Waals surface area contributed by atoms with Gasteiger partial charge < -0.3 is 48.9 Å². The van der Waals surface area contributed by atoms with Gasteiger partial charge in [0, 0.05) is 18.5 Å². The molecule has 422 valence electrons. The first-order valence-corrected chi connectivity index (χ1v) is 28.3. The number of halogens is 1. The van der Waals surface area contributed by atoms with Crippen molar-refractivity contribution in [1.82, 2.24) is 10.6 Å². The highest BCUT2D eigenvalue weighted by Crippen LogP contribution is 2.32. The fourth-order valence-electron chi connectivity index (χ4n) is 9.65. The Morgan fingerprint density at radius 1 is 0.557 bits per heavy atom. The fourth-order valence-corrected chi connectivity index (χ4v) is 9.65. The number of nitrogens with one attached hydrogen (secondary N) is 2. The van der Waals surface area contributed by atoms with E-state index in [0.29, 0.717) is 38.0 Å². The highest BCUT2D eigenvalue weighted by molar-refractivity contribution is 5.94. The molecular formula is C66H81FN2O10. The summed E-state index contributed by atoms with van der Waals surface area (Å²) in [4.78, 5) is 26.4. The number of aliphatic hydroxyl groups is 1. The zero-order valence-electron chi connectivity index (χ0n) is 45.8. The van der Waals surface area contributed by atoms with E-state index in [1.165, 1.54) is 18.2 Å². The highest BCUT2D eigenvalue weighted by Gasteiger charge is 2.49. The first-order valence-electron chi connectivity index (χ1n) is 28.3. The van der Waals surface area contributed by atoms with Crippen LogP contribution < -0.4 is 10.6 Å². The molecule has 1 aliphatic heterocycles. The molecule has 79 heavy (non-hydrogen) atoms. The zero-order valence-corrected chi connectivity index (χ0v) is 45.8. The molecule has 1 aliphatic rings. The second-order valence-electron chi connectivity index (χ2n) is 20.3.